The van der Waals surface area contributed by atoms with Gasteiger partial charge in [0.15, 0.2) is 0 Å². The summed E-state index contributed by atoms with van der Waals surface area (Å²) in [6, 6.07) is 0. The highest BCUT2D eigenvalue weighted by Crippen LogP contribution is 2.35. The molecule has 0 radical (unpaired) electrons. The summed E-state index contributed by atoms with van der Waals surface area (Å²) in [5.41, 5.74) is 0. The normalized spacial score (nSPS) is 12.7. The molecule has 278 valence electrons. The third kappa shape index (κ3) is 40.2. The molecule has 0 amide bonds. The van der Waals surface area contributed by atoms with Crippen molar-refractivity contribution in [3.63, 3.8) is 0 Å². The molecule has 1 atom stereocenters. The summed E-state index contributed by atoms with van der Waals surface area (Å²) in [6.07, 6.45) is 42.3. The minimum atomic E-state index is -4.51. The van der Waals surface area contributed by atoms with Gasteiger partial charge in [-0.05, 0) is 12.8 Å². The van der Waals surface area contributed by atoms with E-state index in [9.17, 15) is 4.57 Å². The van der Waals surface area contributed by atoms with Gasteiger partial charge in [-0.25, -0.2) is 4.57 Å². The Bertz CT molecular complexity index is 613. The summed E-state index contributed by atoms with van der Waals surface area (Å²) in [4.78, 5) is 18.2. The molecule has 2 N–H and O–H groups in total. The second-order valence-electron chi connectivity index (χ2n) is 14.0. The highest BCUT2D eigenvalue weighted by molar-refractivity contribution is 7.46. The van der Waals surface area contributed by atoms with Crippen LogP contribution in [0.15, 0.2) is 0 Å². The Kier molecular flexibility index (Phi) is 37.9. The van der Waals surface area contributed by atoms with E-state index in [2.05, 4.69) is 13.8 Å². The van der Waals surface area contributed by atoms with E-state index in [1.54, 1.807) is 0 Å². The van der Waals surface area contributed by atoms with Crippen LogP contribution in [0, 0.1) is 0 Å². The van der Waals surface area contributed by atoms with Gasteiger partial charge in [0.05, 0.1) is 13.2 Å². The molecule has 0 aliphatic heterocycles. The van der Waals surface area contributed by atoms with Crippen molar-refractivity contribution in [3.05, 3.63) is 0 Å². The average Bonchev–Trinajstić information content (AvgIpc) is 3.03. The Morgan fingerprint density at radius 3 is 1.00 bits per heavy atom. The summed E-state index contributed by atoms with van der Waals surface area (Å²) in [5, 5.41) is 0. The van der Waals surface area contributed by atoms with Crippen molar-refractivity contribution in [2.75, 3.05) is 26.4 Å². The molecule has 6 nitrogen and oxygen atoms in total. The molecule has 0 fully saturated rings. The SMILES string of the molecule is CCCCCCCCCCCCCCCCCCOCC(COP(=O)(O)O)OCCCCCCCCCCCCCCCCCC. The van der Waals surface area contributed by atoms with Crippen LogP contribution >= 0.6 is 7.82 Å². The van der Waals surface area contributed by atoms with E-state index < -0.39 is 13.9 Å². The highest BCUT2D eigenvalue weighted by atomic mass is 31.2. The molecule has 0 saturated heterocycles. The van der Waals surface area contributed by atoms with E-state index in [1.165, 1.54) is 186 Å². The minimum Gasteiger partial charge on any atom is -0.379 e. The molecule has 46 heavy (non-hydrogen) atoms. The standard InChI is InChI=1S/C39H81O6P/c1-3-5-7-9-11-13-15-17-19-21-23-25-27-29-31-33-35-43-37-39(38-45-46(40,41)42)44-36-34-32-30-28-26-24-22-20-18-16-14-12-10-8-6-4-2/h39H,3-38H2,1-2H3,(H2,40,41,42). The van der Waals surface area contributed by atoms with Crippen LogP contribution in [-0.4, -0.2) is 42.3 Å². The van der Waals surface area contributed by atoms with Crippen molar-refractivity contribution in [2.45, 2.75) is 225 Å². The van der Waals surface area contributed by atoms with E-state index in [-0.39, 0.29) is 6.61 Å². The van der Waals surface area contributed by atoms with Gasteiger partial charge in [-0.15, -0.1) is 0 Å². The first-order valence-electron chi connectivity index (χ1n) is 20.4. The number of unbranched alkanes of at least 4 members (excludes halogenated alkanes) is 30. The summed E-state index contributed by atoms with van der Waals surface area (Å²) in [6.45, 7) is 5.98. The number of phosphoric acid groups is 1. The smallest absolute Gasteiger partial charge is 0.379 e. The molecular weight excluding hydrogens is 595 g/mol. The molecule has 0 aromatic heterocycles. The van der Waals surface area contributed by atoms with Gasteiger partial charge in [0, 0.05) is 13.2 Å². The van der Waals surface area contributed by atoms with E-state index >= 15 is 0 Å². The maximum atomic E-state index is 11.2. The van der Waals surface area contributed by atoms with Gasteiger partial charge in [0.2, 0.25) is 0 Å². The van der Waals surface area contributed by atoms with Crippen LogP contribution in [0.5, 0.6) is 0 Å². The zero-order valence-corrected chi connectivity index (χ0v) is 31.9. The summed E-state index contributed by atoms with van der Waals surface area (Å²) in [7, 11) is -4.51. The van der Waals surface area contributed by atoms with Gasteiger partial charge >= 0.3 is 7.82 Å². The van der Waals surface area contributed by atoms with Gasteiger partial charge in [-0.1, -0.05) is 206 Å². The van der Waals surface area contributed by atoms with Gasteiger partial charge in [0.1, 0.15) is 6.10 Å². The topological polar surface area (TPSA) is 85.2 Å². The first-order valence-corrected chi connectivity index (χ1v) is 21.9. The van der Waals surface area contributed by atoms with E-state index in [0.717, 1.165) is 19.3 Å². The quantitative estimate of drug-likeness (QED) is 0.0496. The lowest BCUT2D eigenvalue weighted by molar-refractivity contribution is -0.0429. The largest absolute Gasteiger partial charge is 0.469 e. The average molecular weight is 677 g/mol. The maximum absolute atomic E-state index is 11.2. The predicted molar refractivity (Wildman–Crippen MR) is 198 cm³/mol. The summed E-state index contributed by atoms with van der Waals surface area (Å²) >= 11 is 0. The van der Waals surface area contributed by atoms with Gasteiger partial charge in [-0.2, -0.15) is 0 Å². The summed E-state index contributed by atoms with van der Waals surface area (Å²) in [5.74, 6) is 0. The van der Waals surface area contributed by atoms with Crippen molar-refractivity contribution in [3.8, 4) is 0 Å². The molecule has 0 rings (SSSR count). The van der Waals surface area contributed by atoms with Gasteiger partial charge in [-0.3, -0.25) is 4.52 Å². The monoisotopic (exact) mass is 677 g/mol. The van der Waals surface area contributed by atoms with Crippen LogP contribution in [0.4, 0.5) is 0 Å². The molecule has 0 aliphatic carbocycles. The molecule has 0 saturated carbocycles. The zero-order chi connectivity index (χ0) is 33.7. The number of hydrogen-bond donors (Lipinski definition) is 2. The highest BCUT2D eigenvalue weighted by Gasteiger charge is 2.19. The number of phosphoric ester groups is 1. The fourth-order valence-corrected chi connectivity index (χ4v) is 6.55. The Morgan fingerprint density at radius 1 is 0.413 bits per heavy atom. The molecule has 0 heterocycles. The first-order chi connectivity index (χ1) is 22.5. The third-order valence-electron chi connectivity index (χ3n) is 9.23. The van der Waals surface area contributed by atoms with Crippen LogP contribution in [-0.2, 0) is 18.6 Å². The molecule has 0 aromatic rings. The van der Waals surface area contributed by atoms with Crippen LogP contribution in [0.2, 0.25) is 0 Å². The Hall–Kier alpha value is 0.0300. The molecule has 7 heteroatoms. The van der Waals surface area contributed by atoms with Crippen molar-refractivity contribution in [1.29, 1.82) is 0 Å². The number of rotatable bonds is 40. The Labute approximate surface area is 287 Å². The van der Waals surface area contributed by atoms with Crippen molar-refractivity contribution in [1.82, 2.24) is 0 Å². The van der Waals surface area contributed by atoms with Crippen LogP contribution in [0.3, 0.4) is 0 Å². The van der Waals surface area contributed by atoms with Crippen LogP contribution in [0.1, 0.15) is 219 Å². The molecule has 0 aromatic carbocycles. The second kappa shape index (κ2) is 37.8. The fraction of sp³-hybridized carbons (Fsp3) is 1.00. The first kappa shape index (κ1) is 46.0. The zero-order valence-electron chi connectivity index (χ0n) is 31.0. The second-order valence-corrected chi connectivity index (χ2v) is 15.2. The van der Waals surface area contributed by atoms with Gasteiger partial charge < -0.3 is 19.3 Å². The van der Waals surface area contributed by atoms with Crippen molar-refractivity contribution >= 4 is 7.82 Å². The number of ether oxygens (including phenoxy) is 2. The fourth-order valence-electron chi connectivity index (χ4n) is 6.19. The molecule has 0 aliphatic rings. The van der Waals surface area contributed by atoms with Crippen LogP contribution < -0.4 is 0 Å². The van der Waals surface area contributed by atoms with Crippen molar-refractivity contribution < 1.29 is 28.3 Å². The van der Waals surface area contributed by atoms with E-state index in [1.807, 2.05) is 0 Å². The molecule has 0 spiro atoms. The summed E-state index contributed by atoms with van der Waals surface area (Å²) < 4.78 is 27.6. The molecular formula is C39H81O6P. The third-order valence-corrected chi connectivity index (χ3v) is 9.71. The van der Waals surface area contributed by atoms with E-state index in [4.69, 9.17) is 23.8 Å². The lowest BCUT2D eigenvalue weighted by atomic mass is 10.0. The molecule has 1 unspecified atom stereocenters. The van der Waals surface area contributed by atoms with Crippen LogP contribution in [0.25, 0.3) is 0 Å². The van der Waals surface area contributed by atoms with Gasteiger partial charge in [0.25, 0.3) is 0 Å². The molecule has 0 bridgehead atoms. The van der Waals surface area contributed by atoms with E-state index in [0.29, 0.717) is 19.8 Å². The lowest BCUT2D eigenvalue weighted by Gasteiger charge is -2.18. The Morgan fingerprint density at radius 2 is 0.696 bits per heavy atom. The lowest BCUT2D eigenvalue weighted by Crippen LogP contribution is -2.26. The minimum absolute atomic E-state index is 0.137. The van der Waals surface area contributed by atoms with Crippen molar-refractivity contribution in [2.24, 2.45) is 0 Å². The number of hydrogen-bond acceptors (Lipinski definition) is 4. The Balaban J connectivity index is 3.62. The maximum Gasteiger partial charge on any atom is 0.469 e. The predicted octanol–water partition coefficient (Wildman–Crippen LogP) is 13.0.